The summed E-state index contributed by atoms with van der Waals surface area (Å²) in [6.07, 6.45) is 2.20. The van der Waals surface area contributed by atoms with Crippen molar-refractivity contribution < 1.29 is 19.4 Å². The number of carbonyl (C=O) groups excluding carboxylic acids is 1. The highest BCUT2D eigenvalue weighted by Crippen LogP contribution is 2.32. The van der Waals surface area contributed by atoms with E-state index >= 15 is 0 Å². The van der Waals surface area contributed by atoms with Crippen LogP contribution in [0.2, 0.25) is 0 Å². The van der Waals surface area contributed by atoms with Crippen LogP contribution in [-0.2, 0) is 0 Å². The summed E-state index contributed by atoms with van der Waals surface area (Å²) in [5.74, 6) is 1.18. The molecular formula is C15H20N2O4. The third-order valence-electron chi connectivity index (χ3n) is 3.88. The number of ether oxygens (including phenoxy) is 2. The Morgan fingerprint density at radius 3 is 3.00 bits per heavy atom. The van der Waals surface area contributed by atoms with Gasteiger partial charge in [0.25, 0.3) is 5.91 Å². The maximum atomic E-state index is 12.6. The molecule has 1 saturated heterocycles. The lowest BCUT2D eigenvalue weighted by Gasteiger charge is -2.25. The van der Waals surface area contributed by atoms with Gasteiger partial charge in [-0.2, -0.15) is 0 Å². The van der Waals surface area contributed by atoms with Crippen LogP contribution in [0.1, 0.15) is 23.2 Å². The van der Waals surface area contributed by atoms with Crippen molar-refractivity contribution in [3.63, 3.8) is 0 Å². The summed E-state index contributed by atoms with van der Waals surface area (Å²) in [4.78, 5) is 14.3. The summed E-state index contributed by atoms with van der Waals surface area (Å²) in [5.41, 5.74) is 0.561. The van der Waals surface area contributed by atoms with Crippen molar-refractivity contribution in [1.82, 2.24) is 10.2 Å². The van der Waals surface area contributed by atoms with Crippen LogP contribution in [0, 0.1) is 0 Å². The highest BCUT2D eigenvalue weighted by molar-refractivity contribution is 5.95. The van der Waals surface area contributed by atoms with Gasteiger partial charge in [-0.1, -0.05) is 0 Å². The first-order valence-corrected chi connectivity index (χ1v) is 7.31. The van der Waals surface area contributed by atoms with Gasteiger partial charge in [0.05, 0.1) is 6.61 Å². The number of hydrogen-bond acceptors (Lipinski definition) is 5. The van der Waals surface area contributed by atoms with Crippen LogP contribution in [0.25, 0.3) is 0 Å². The summed E-state index contributed by atoms with van der Waals surface area (Å²) in [5, 5.41) is 12.6. The van der Waals surface area contributed by atoms with E-state index in [9.17, 15) is 9.90 Å². The van der Waals surface area contributed by atoms with E-state index in [1.54, 1.807) is 23.1 Å². The summed E-state index contributed by atoms with van der Waals surface area (Å²) in [6, 6.07) is 5.51. The minimum absolute atomic E-state index is 0.0387. The van der Waals surface area contributed by atoms with Crippen molar-refractivity contribution in [1.29, 1.82) is 0 Å². The number of benzene rings is 1. The molecule has 1 unspecified atom stereocenters. The SMILES string of the molecule is O=C(c1ccc2c(c1)OCO2)N(CCO)CC1CCCN1. The van der Waals surface area contributed by atoms with E-state index in [1.165, 1.54) is 0 Å². The number of nitrogens with zero attached hydrogens (tertiary/aromatic N) is 1. The fourth-order valence-electron chi connectivity index (χ4n) is 2.79. The van der Waals surface area contributed by atoms with E-state index in [1.807, 2.05) is 0 Å². The monoisotopic (exact) mass is 292 g/mol. The lowest BCUT2D eigenvalue weighted by molar-refractivity contribution is 0.0706. The lowest BCUT2D eigenvalue weighted by Crippen LogP contribution is -2.42. The lowest BCUT2D eigenvalue weighted by atomic mass is 10.1. The number of aliphatic hydroxyl groups is 1. The van der Waals surface area contributed by atoms with Crippen molar-refractivity contribution in [3.05, 3.63) is 23.8 Å². The Labute approximate surface area is 123 Å². The van der Waals surface area contributed by atoms with Gasteiger partial charge in [0.2, 0.25) is 6.79 Å². The maximum absolute atomic E-state index is 12.6. The Kier molecular flexibility index (Phi) is 4.26. The van der Waals surface area contributed by atoms with Gasteiger partial charge < -0.3 is 24.8 Å². The second-order valence-electron chi connectivity index (χ2n) is 5.34. The summed E-state index contributed by atoms with van der Waals surface area (Å²) in [7, 11) is 0. The Balaban J connectivity index is 1.73. The summed E-state index contributed by atoms with van der Waals surface area (Å²) in [6.45, 7) is 2.11. The van der Waals surface area contributed by atoms with Crippen molar-refractivity contribution in [3.8, 4) is 11.5 Å². The standard InChI is InChI=1S/C15H20N2O4/c18-7-6-17(9-12-2-1-5-16-12)15(19)11-3-4-13-14(8-11)21-10-20-13/h3-4,8,12,16,18H,1-2,5-7,9-10H2. The molecule has 1 fully saturated rings. The molecule has 6 nitrogen and oxygen atoms in total. The zero-order chi connectivity index (χ0) is 14.7. The van der Waals surface area contributed by atoms with Gasteiger partial charge in [-0.15, -0.1) is 0 Å². The summed E-state index contributed by atoms with van der Waals surface area (Å²) < 4.78 is 10.6. The number of carbonyl (C=O) groups is 1. The molecule has 1 aromatic rings. The van der Waals surface area contributed by atoms with Gasteiger partial charge in [0.15, 0.2) is 11.5 Å². The maximum Gasteiger partial charge on any atom is 0.254 e. The average molecular weight is 292 g/mol. The molecule has 6 heteroatoms. The van der Waals surface area contributed by atoms with Gasteiger partial charge in [0.1, 0.15) is 0 Å². The van der Waals surface area contributed by atoms with E-state index in [0.717, 1.165) is 19.4 Å². The highest BCUT2D eigenvalue weighted by atomic mass is 16.7. The molecule has 0 aliphatic carbocycles. The Morgan fingerprint density at radius 1 is 1.38 bits per heavy atom. The molecular weight excluding hydrogens is 272 g/mol. The molecule has 1 atom stereocenters. The molecule has 1 amide bonds. The van der Waals surface area contributed by atoms with Crippen LogP contribution < -0.4 is 14.8 Å². The van der Waals surface area contributed by atoms with E-state index < -0.39 is 0 Å². The van der Waals surface area contributed by atoms with E-state index in [2.05, 4.69) is 5.32 Å². The van der Waals surface area contributed by atoms with Gasteiger partial charge >= 0.3 is 0 Å². The number of amides is 1. The molecule has 0 saturated carbocycles. The zero-order valence-corrected chi connectivity index (χ0v) is 11.9. The fraction of sp³-hybridized carbons (Fsp3) is 0.533. The average Bonchev–Trinajstić information content (AvgIpc) is 3.16. The number of rotatable bonds is 5. The van der Waals surface area contributed by atoms with Gasteiger partial charge in [-0.05, 0) is 37.6 Å². The third-order valence-corrected chi connectivity index (χ3v) is 3.88. The number of hydrogen-bond donors (Lipinski definition) is 2. The number of nitrogens with one attached hydrogen (secondary N) is 1. The van der Waals surface area contributed by atoms with Crippen LogP contribution in [0.4, 0.5) is 0 Å². The first-order chi connectivity index (χ1) is 10.3. The van der Waals surface area contributed by atoms with Crippen molar-refractivity contribution in [2.75, 3.05) is 33.0 Å². The zero-order valence-electron chi connectivity index (χ0n) is 11.9. The van der Waals surface area contributed by atoms with Crippen LogP contribution >= 0.6 is 0 Å². The molecule has 0 spiro atoms. The molecule has 0 bridgehead atoms. The third kappa shape index (κ3) is 3.11. The first-order valence-electron chi connectivity index (χ1n) is 7.31. The van der Waals surface area contributed by atoms with Gasteiger partial charge in [0, 0.05) is 24.7 Å². The van der Waals surface area contributed by atoms with Crippen molar-refractivity contribution >= 4 is 5.91 Å². The van der Waals surface area contributed by atoms with Crippen LogP contribution in [0.15, 0.2) is 18.2 Å². The molecule has 114 valence electrons. The molecule has 1 aromatic carbocycles. The normalized spacial score (nSPS) is 19.8. The topological polar surface area (TPSA) is 71.0 Å². The van der Waals surface area contributed by atoms with Gasteiger partial charge in [-0.3, -0.25) is 4.79 Å². The first kappa shape index (κ1) is 14.2. The highest BCUT2D eigenvalue weighted by Gasteiger charge is 2.23. The van der Waals surface area contributed by atoms with Crippen LogP contribution in [-0.4, -0.2) is 55.0 Å². The van der Waals surface area contributed by atoms with Gasteiger partial charge in [-0.25, -0.2) is 0 Å². The molecule has 21 heavy (non-hydrogen) atoms. The van der Waals surface area contributed by atoms with E-state index in [4.69, 9.17) is 9.47 Å². The largest absolute Gasteiger partial charge is 0.454 e. The molecule has 2 aliphatic heterocycles. The summed E-state index contributed by atoms with van der Waals surface area (Å²) >= 11 is 0. The Hall–Kier alpha value is -1.79. The predicted molar refractivity (Wildman–Crippen MR) is 76.6 cm³/mol. The molecule has 2 N–H and O–H groups in total. The minimum Gasteiger partial charge on any atom is -0.454 e. The van der Waals surface area contributed by atoms with Crippen LogP contribution in [0.5, 0.6) is 11.5 Å². The molecule has 2 heterocycles. The quantitative estimate of drug-likeness (QED) is 0.831. The fourth-order valence-corrected chi connectivity index (χ4v) is 2.79. The van der Waals surface area contributed by atoms with Crippen molar-refractivity contribution in [2.24, 2.45) is 0 Å². The van der Waals surface area contributed by atoms with Crippen LogP contribution in [0.3, 0.4) is 0 Å². The minimum atomic E-state index is -0.0870. The molecule has 0 aromatic heterocycles. The predicted octanol–water partition coefficient (Wildman–Crippen LogP) is 0.602. The molecule has 2 aliphatic rings. The Morgan fingerprint density at radius 2 is 2.24 bits per heavy atom. The second kappa shape index (κ2) is 6.32. The number of aliphatic hydroxyl groups excluding tert-OH is 1. The van der Waals surface area contributed by atoms with Crippen molar-refractivity contribution in [2.45, 2.75) is 18.9 Å². The van der Waals surface area contributed by atoms with E-state index in [0.29, 0.717) is 36.2 Å². The second-order valence-corrected chi connectivity index (χ2v) is 5.34. The smallest absolute Gasteiger partial charge is 0.254 e. The molecule has 0 radical (unpaired) electrons. The number of fused-ring (bicyclic) bond motifs is 1. The van der Waals surface area contributed by atoms with E-state index in [-0.39, 0.29) is 19.3 Å². The Bertz CT molecular complexity index is 514. The molecule has 3 rings (SSSR count).